The van der Waals surface area contributed by atoms with Crippen molar-refractivity contribution in [3.8, 4) is 181 Å². The molecule has 0 spiro atoms. The summed E-state index contributed by atoms with van der Waals surface area (Å²) in [5.41, 5.74) is 31.7. The molecule has 114 heavy (non-hydrogen) atoms. The highest BCUT2D eigenvalue weighted by molar-refractivity contribution is 6.07. The zero-order valence-electron chi connectivity index (χ0n) is 63.1. The van der Waals surface area contributed by atoms with Crippen LogP contribution < -0.4 is 0 Å². The zero-order chi connectivity index (χ0) is 76.8. The van der Waals surface area contributed by atoms with Crippen LogP contribution in [0, 0.1) is 22.7 Å². The van der Waals surface area contributed by atoms with Gasteiger partial charge in [0.25, 0.3) is 0 Å². The smallest absolute Gasteiger partial charge is 0.164 e. The van der Waals surface area contributed by atoms with Crippen LogP contribution in [0.25, 0.3) is 190 Å². The molecule has 0 aliphatic heterocycles. The number of rotatable bonds is 13. The van der Waals surface area contributed by atoms with Crippen molar-refractivity contribution in [2.24, 2.45) is 0 Å². The largest absolute Gasteiger partial charge is 0.208 e. The van der Waals surface area contributed by atoms with Crippen molar-refractivity contribution in [2.45, 2.75) is 38.5 Å². The number of nitriles is 2. The van der Waals surface area contributed by atoms with E-state index >= 15 is 0 Å². The number of aromatic nitrogens is 6. The maximum absolute atomic E-state index is 10.0. The van der Waals surface area contributed by atoms with Crippen molar-refractivity contribution >= 4 is 21.5 Å². The van der Waals surface area contributed by atoms with Crippen molar-refractivity contribution in [2.75, 3.05) is 0 Å². The fraction of sp³-hybridized carbons (Fsp3) is 0.0566. The van der Waals surface area contributed by atoms with Crippen molar-refractivity contribution in [3.05, 3.63) is 385 Å². The molecule has 0 saturated carbocycles. The van der Waals surface area contributed by atoms with E-state index in [-0.39, 0.29) is 10.8 Å². The quantitative estimate of drug-likeness (QED) is 0.112. The maximum atomic E-state index is 10.0. The summed E-state index contributed by atoms with van der Waals surface area (Å²) in [6.45, 7) is 9.03. The van der Waals surface area contributed by atoms with E-state index in [0.717, 1.165) is 111 Å². The summed E-state index contributed by atoms with van der Waals surface area (Å²) in [6.07, 6.45) is 0. The Hall–Kier alpha value is -15.0. The number of nitrogens with zero attached hydrogens (tertiary/aromatic N) is 8. The predicted octanol–water partition coefficient (Wildman–Crippen LogP) is 26.4. The summed E-state index contributed by atoms with van der Waals surface area (Å²) < 4.78 is 0. The van der Waals surface area contributed by atoms with Crippen molar-refractivity contribution < 1.29 is 0 Å². The molecule has 0 fully saturated rings. The zero-order valence-corrected chi connectivity index (χ0v) is 63.1. The van der Waals surface area contributed by atoms with Crippen LogP contribution in [0.15, 0.2) is 352 Å². The first kappa shape index (κ1) is 68.3. The molecular weight excluding hydrogens is 1390 g/mol. The lowest BCUT2D eigenvalue weighted by Crippen LogP contribution is -2.15. The van der Waals surface area contributed by atoms with Gasteiger partial charge in [0.05, 0.1) is 23.3 Å². The molecule has 0 bridgehead atoms. The number of hydrogen-bond donors (Lipinski definition) is 0. The van der Waals surface area contributed by atoms with Gasteiger partial charge in [0.2, 0.25) is 0 Å². The minimum absolute atomic E-state index is 0.215. The van der Waals surface area contributed by atoms with Gasteiger partial charge in [0.15, 0.2) is 34.9 Å². The minimum atomic E-state index is -0.215. The minimum Gasteiger partial charge on any atom is -0.208 e. The average molecular weight is 1460 g/mol. The second-order valence-corrected chi connectivity index (χ2v) is 30.7. The van der Waals surface area contributed by atoms with Crippen molar-refractivity contribution in [1.82, 2.24) is 29.9 Å². The predicted molar refractivity (Wildman–Crippen MR) is 463 cm³/mol. The summed E-state index contributed by atoms with van der Waals surface area (Å²) in [7, 11) is 0. The van der Waals surface area contributed by atoms with Gasteiger partial charge in [-0.15, -0.1) is 0 Å². The standard InChI is InChI=1S/C106H70N8/c1-105(2)94-25-15-20-82(64-108)98(94)93-55-52-81(62-97(93)105)69-29-37-71(38-30-69)84-57-59-86(90-24-14-12-22-88(84)90)73-41-49-79(50-42-73)104-112-100(75-18-9-6-10-19-75)110-102(114-104)77-45-33-67(34-46-77)66-31-43-76(44-32-66)101-109-99(74-16-7-5-8-17-74)111-103(113-101)78-47-39-72(40-48-78)85-58-56-83(87-21-11-13-23-89(85)87)70-35-27-68(28-36-70)80-51-54-92-91-53-26-65(63-107)60-95(91)106(3,4)96(92)61-80/h5-62H,1-4H3. The average Bonchev–Trinajstić information content (AvgIpc) is 1.54. The third-order valence-electron chi connectivity index (χ3n) is 23.4. The monoisotopic (exact) mass is 1450 g/mol. The third-order valence-corrected chi connectivity index (χ3v) is 23.4. The summed E-state index contributed by atoms with van der Waals surface area (Å²) >= 11 is 0. The van der Waals surface area contributed by atoms with E-state index in [1.165, 1.54) is 71.6 Å². The van der Waals surface area contributed by atoms with E-state index in [2.05, 4.69) is 313 Å². The van der Waals surface area contributed by atoms with Gasteiger partial charge in [-0.3, -0.25) is 0 Å². The molecule has 0 radical (unpaired) electrons. The van der Waals surface area contributed by atoms with Gasteiger partial charge in [-0.25, -0.2) is 29.9 Å². The maximum Gasteiger partial charge on any atom is 0.164 e. The molecule has 534 valence electrons. The molecule has 2 aliphatic rings. The molecule has 0 unspecified atom stereocenters. The van der Waals surface area contributed by atoms with Crippen LogP contribution >= 0.6 is 0 Å². The highest BCUT2D eigenvalue weighted by Gasteiger charge is 2.38. The Morgan fingerprint density at radius 2 is 0.465 bits per heavy atom. The Kier molecular flexibility index (Phi) is 16.5. The molecule has 8 heteroatoms. The molecule has 0 atom stereocenters. The lowest BCUT2D eigenvalue weighted by molar-refractivity contribution is 0.660. The van der Waals surface area contributed by atoms with Crippen molar-refractivity contribution in [1.29, 1.82) is 10.5 Å². The van der Waals surface area contributed by atoms with E-state index in [1.807, 2.05) is 78.9 Å². The van der Waals surface area contributed by atoms with Gasteiger partial charge >= 0.3 is 0 Å². The SMILES string of the molecule is CC1(C)c2cc(C#N)ccc2-c2ccc(-c3ccc(-c4ccc(-c5ccc(-c6nc(-c7ccccc7)nc(-c7ccc(-c8ccc(-c9nc(-c%10ccccc%10)nc(-c%10ccc(-c%11ccc(-c%12ccc(-c%13ccc%14c(c%13)C(C)(C)c%13cccc(C#N)c%13-%14)cc%12)c%12ccccc%11%12)cc%10)n9)cc8)cc7)n6)cc5)c5ccccc45)cc3)cc21. The summed E-state index contributed by atoms with van der Waals surface area (Å²) in [5.74, 6) is 3.52. The first-order chi connectivity index (χ1) is 55.9. The van der Waals surface area contributed by atoms with Crippen LogP contribution in [0.5, 0.6) is 0 Å². The van der Waals surface area contributed by atoms with Gasteiger partial charge in [-0.2, -0.15) is 10.5 Å². The van der Waals surface area contributed by atoms with Crippen LogP contribution in [0.2, 0.25) is 0 Å². The Balaban J connectivity index is 0.543. The second kappa shape index (κ2) is 27.6. The molecule has 2 aromatic heterocycles. The molecular formula is C106H70N8. The first-order valence-corrected chi connectivity index (χ1v) is 38.6. The van der Waals surface area contributed by atoms with E-state index in [9.17, 15) is 10.5 Å². The third kappa shape index (κ3) is 11.9. The number of hydrogen-bond acceptors (Lipinski definition) is 8. The summed E-state index contributed by atoms with van der Waals surface area (Å²) in [4.78, 5) is 30.8. The molecule has 8 nitrogen and oxygen atoms in total. The fourth-order valence-electron chi connectivity index (χ4n) is 17.3. The lowest BCUT2D eigenvalue weighted by atomic mass is 9.81. The highest BCUT2D eigenvalue weighted by Crippen LogP contribution is 2.53. The molecule has 16 aromatic carbocycles. The van der Waals surface area contributed by atoms with Gasteiger partial charge < -0.3 is 0 Å². The van der Waals surface area contributed by atoms with Gasteiger partial charge in [0, 0.05) is 49.8 Å². The van der Waals surface area contributed by atoms with Crippen LogP contribution in [-0.4, -0.2) is 29.9 Å². The van der Waals surface area contributed by atoms with Gasteiger partial charge in [0.1, 0.15) is 0 Å². The Bertz CT molecular complexity index is 6960. The molecule has 0 N–H and O–H groups in total. The Labute approximate surface area is 662 Å². The molecule has 0 amide bonds. The topological polar surface area (TPSA) is 125 Å². The van der Waals surface area contributed by atoms with Crippen LogP contribution in [0.3, 0.4) is 0 Å². The molecule has 2 aliphatic carbocycles. The molecule has 18 aromatic rings. The number of benzene rings is 16. The van der Waals surface area contributed by atoms with Gasteiger partial charge in [-0.05, 0) is 169 Å². The second-order valence-electron chi connectivity index (χ2n) is 30.7. The van der Waals surface area contributed by atoms with Gasteiger partial charge in [-0.1, -0.05) is 349 Å². The van der Waals surface area contributed by atoms with Crippen LogP contribution in [0.1, 0.15) is 61.1 Å². The van der Waals surface area contributed by atoms with E-state index in [0.29, 0.717) is 40.5 Å². The summed E-state index contributed by atoms with van der Waals surface area (Å²) in [5, 5.41) is 24.4. The molecule has 2 heterocycles. The normalized spacial score (nSPS) is 12.7. The van der Waals surface area contributed by atoms with Crippen molar-refractivity contribution in [3.63, 3.8) is 0 Å². The van der Waals surface area contributed by atoms with Crippen LogP contribution in [0.4, 0.5) is 0 Å². The first-order valence-electron chi connectivity index (χ1n) is 38.6. The fourth-order valence-corrected chi connectivity index (χ4v) is 17.3. The highest BCUT2D eigenvalue weighted by atomic mass is 15.0. The van der Waals surface area contributed by atoms with E-state index < -0.39 is 0 Å². The van der Waals surface area contributed by atoms with E-state index in [1.54, 1.807) is 0 Å². The lowest BCUT2D eigenvalue weighted by Gasteiger charge is -2.22. The van der Waals surface area contributed by atoms with E-state index in [4.69, 9.17) is 29.9 Å². The Morgan fingerprint density at radius 1 is 0.202 bits per heavy atom. The summed E-state index contributed by atoms with van der Waals surface area (Å²) in [6, 6.07) is 129. The molecule has 0 saturated heterocycles. The van der Waals surface area contributed by atoms with Crippen LogP contribution in [-0.2, 0) is 10.8 Å². The Morgan fingerprint density at radius 3 is 0.816 bits per heavy atom. The number of fused-ring (bicyclic) bond motifs is 8. The molecule has 20 rings (SSSR count).